The number of anilines is 2. The molecule has 40 heavy (non-hydrogen) atoms. The molecule has 0 saturated carbocycles. The van der Waals surface area contributed by atoms with Crippen LogP contribution in [-0.4, -0.2) is 49.2 Å². The van der Waals surface area contributed by atoms with Crippen LogP contribution in [0.15, 0.2) is 59.6 Å². The van der Waals surface area contributed by atoms with Crippen molar-refractivity contribution in [3.63, 3.8) is 0 Å². The second kappa shape index (κ2) is 10.6. The fourth-order valence-electron chi connectivity index (χ4n) is 4.86. The summed E-state index contributed by atoms with van der Waals surface area (Å²) in [6, 6.07) is 8.78. The number of sulfonamides is 1. The van der Waals surface area contributed by atoms with Crippen LogP contribution in [0.3, 0.4) is 0 Å². The van der Waals surface area contributed by atoms with Crippen LogP contribution in [0.1, 0.15) is 34.5 Å². The SMILES string of the molecule is O=C(Nc1cnc2c(c1)N(S(=O)(=O)c1cccc(C(F)(F)F)c1)CC(N1CCCC1=O)C2)c1c(Cl)cccc1Cl. The molecule has 1 N–H and O–H groups in total. The lowest BCUT2D eigenvalue weighted by Gasteiger charge is -2.38. The summed E-state index contributed by atoms with van der Waals surface area (Å²) >= 11 is 12.3. The van der Waals surface area contributed by atoms with Crippen LogP contribution in [0.5, 0.6) is 0 Å². The van der Waals surface area contributed by atoms with E-state index in [0.717, 1.165) is 22.5 Å². The van der Waals surface area contributed by atoms with Crippen molar-refractivity contribution in [2.75, 3.05) is 22.7 Å². The van der Waals surface area contributed by atoms with Crippen molar-refractivity contribution >= 4 is 56.4 Å². The molecular weight excluding hydrogens is 592 g/mol. The number of nitrogens with one attached hydrogen (secondary N) is 1. The topological polar surface area (TPSA) is 99.7 Å². The number of halogens is 5. The molecule has 14 heteroatoms. The van der Waals surface area contributed by atoms with Gasteiger partial charge in [-0.3, -0.25) is 18.9 Å². The zero-order valence-electron chi connectivity index (χ0n) is 20.6. The summed E-state index contributed by atoms with van der Waals surface area (Å²) in [6.07, 6.45) is -2.27. The molecule has 0 spiro atoms. The quantitative estimate of drug-likeness (QED) is 0.416. The standard InChI is InChI=1S/C26H21Cl2F3N4O4S/c27-19-6-2-7-20(28)24(19)25(37)33-16-11-22-21(32-13-16)12-17(34-9-3-8-23(34)36)14-35(22)40(38,39)18-5-1-4-15(10-18)26(29,30)31/h1-2,4-7,10-11,13,17H,3,8-9,12,14H2,(H,33,37). The molecule has 2 aliphatic rings. The van der Waals surface area contributed by atoms with Crippen LogP contribution >= 0.6 is 23.2 Å². The molecule has 3 aromatic rings. The lowest BCUT2D eigenvalue weighted by Crippen LogP contribution is -2.51. The van der Waals surface area contributed by atoms with Crippen molar-refractivity contribution < 1.29 is 31.2 Å². The van der Waals surface area contributed by atoms with E-state index in [4.69, 9.17) is 23.2 Å². The number of aromatic nitrogens is 1. The molecule has 1 unspecified atom stereocenters. The van der Waals surface area contributed by atoms with Gasteiger partial charge in [-0.1, -0.05) is 35.3 Å². The molecule has 1 aromatic heterocycles. The number of carbonyl (C=O) groups is 2. The molecule has 0 radical (unpaired) electrons. The lowest BCUT2D eigenvalue weighted by atomic mass is 10.0. The van der Waals surface area contributed by atoms with Crippen molar-refractivity contribution in [3.05, 3.63) is 81.6 Å². The Hall–Kier alpha value is -3.35. The Morgan fingerprint density at radius 3 is 2.42 bits per heavy atom. The minimum Gasteiger partial charge on any atom is -0.337 e. The molecule has 2 aliphatic heterocycles. The third-order valence-corrected chi connectivity index (χ3v) is 9.18. The van der Waals surface area contributed by atoms with Crippen LogP contribution in [0, 0.1) is 0 Å². The predicted octanol–water partition coefficient (Wildman–Crippen LogP) is 5.40. The number of pyridine rings is 1. The van der Waals surface area contributed by atoms with Crippen LogP contribution in [0.2, 0.25) is 10.0 Å². The van der Waals surface area contributed by atoms with Gasteiger partial charge in [0, 0.05) is 19.4 Å². The van der Waals surface area contributed by atoms with Gasteiger partial charge in [-0.05, 0) is 42.8 Å². The van der Waals surface area contributed by atoms with E-state index < -0.39 is 38.6 Å². The Balaban J connectivity index is 1.56. The maximum absolute atomic E-state index is 13.8. The van der Waals surface area contributed by atoms with Gasteiger partial charge in [-0.2, -0.15) is 13.2 Å². The largest absolute Gasteiger partial charge is 0.416 e. The zero-order valence-corrected chi connectivity index (χ0v) is 22.9. The van der Waals surface area contributed by atoms with E-state index >= 15 is 0 Å². The molecule has 210 valence electrons. The van der Waals surface area contributed by atoms with Crippen molar-refractivity contribution in [2.45, 2.75) is 36.4 Å². The fraction of sp³-hybridized carbons (Fsp3) is 0.269. The third kappa shape index (κ3) is 5.35. The van der Waals surface area contributed by atoms with Crippen molar-refractivity contribution in [1.82, 2.24) is 9.88 Å². The summed E-state index contributed by atoms with van der Waals surface area (Å²) in [7, 11) is -4.55. The molecule has 1 atom stereocenters. The van der Waals surface area contributed by atoms with Gasteiger partial charge < -0.3 is 10.2 Å². The van der Waals surface area contributed by atoms with Gasteiger partial charge in [0.2, 0.25) is 5.91 Å². The first-order chi connectivity index (χ1) is 18.9. The predicted molar refractivity (Wildman–Crippen MR) is 143 cm³/mol. The van der Waals surface area contributed by atoms with Crippen molar-refractivity contribution in [1.29, 1.82) is 0 Å². The first kappa shape index (κ1) is 28.2. The molecule has 0 aliphatic carbocycles. The maximum Gasteiger partial charge on any atom is 0.416 e. The number of benzene rings is 2. The van der Waals surface area contributed by atoms with E-state index in [2.05, 4.69) is 10.3 Å². The number of amides is 2. The van der Waals surface area contributed by atoms with Crippen LogP contribution in [-0.2, 0) is 27.4 Å². The number of fused-ring (bicyclic) bond motifs is 1. The third-order valence-electron chi connectivity index (χ3n) is 6.77. The minimum atomic E-state index is -4.76. The minimum absolute atomic E-state index is 0.00427. The number of hydrogen-bond acceptors (Lipinski definition) is 5. The summed E-state index contributed by atoms with van der Waals surface area (Å²) in [5.41, 5.74) is -0.624. The monoisotopic (exact) mass is 612 g/mol. The maximum atomic E-state index is 13.8. The van der Waals surface area contributed by atoms with Gasteiger partial charge in [0.15, 0.2) is 0 Å². The number of nitrogens with zero attached hydrogens (tertiary/aromatic N) is 3. The number of rotatable bonds is 5. The number of alkyl halides is 3. The first-order valence-corrected chi connectivity index (χ1v) is 14.3. The van der Waals surface area contributed by atoms with Crippen molar-refractivity contribution in [2.24, 2.45) is 0 Å². The highest BCUT2D eigenvalue weighted by Gasteiger charge is 2.40. The average Bonchev–Trinajstić information content (AvgIpc) is 3.33. The van der Waals surface area contributed by atoms with Gasteiger partial charge in [0.1, 0.15) is 0 Å². The van der Waals surface area contributed by atoms with Crippen LogP contribution in [0.25, 0.3) is 0 Å². The van der Waals surface area contributed by atoms with Gasteiger partial charge in [0.25, 0.3) is 15.9 Å². The second-order valence-electron chi connectivity index (χ2n) is 9.35. The van der Waals surface area contributed by atoms with Gasteiger partial charge in [-0.15, -0.1) is 0 Å². The zero-order chi connectivity index (χ0) is 28.8. The van der Waals surface area contributed by atoms with E-state index in [9.17, 15) is 31.2 Å². The Labute approximate surface area is 237 Å². The highest BCUT2D eigenvalue weighted by Crippen LogP contribution is 2.37. The molecule has 5 rings (SSSR count). The molecule has 1 fully saturated rings. The molecule has 8 nitrogen and oxygen atoms in total. The Bertz CT molecular complexity index is 1600. The smallest absolute Gasteiger partial charge is 0.337 e. The summed E-state index contributed by atoms with van der Waals surface area (Å²) in [5, 5.41) is 2.80. The number of carbonyl (C=O) groups excluding carboxylic acids is 2. The highest BCUT2D eigenvalue weighted by molar-refractivity contribution is 7.92. The molecule has 0 bridgehead atoms. The van der Waals surface area contributed by atoms with Crippen LogP contribution in [0.4, 0.5) is 24.5 Å². The van der Waals surface area contributed by atoms with E-state index in [1.54, 1.807) is 11.0 Å². The van der Waals surface area contributed by atoms with E-state index in [1.165, 1.54) is 24.4 Å². The molecule has 2 aromatic carbocycles. The van der Waals surface area contributed by atoms with E-state index in [-0.39, 0.29) is 45.9 Å². The number of hydrogen-bond donors (Lipinski definition) is 1. The molecule has 3 heterocycles. The lowest BCUT2D eigenvalue weighted by molar-refractivity contribution is -0.137. The highest BCUT2D eigenvalue weighted by atomic mass is 35.5. The Kier molecular flexibility index (Phi) is 7.45. The summed E-state index contributed by atoms with van der Waals surface area (Å²) < 4.78 is 68.8. The fourth-order valence-corrected chi connectivity index (χ4v) is 7.00. The van der Waals surface area contributed by atoms with Gasteiger partial charge >= 0.3 is 6.18 Å². The second-order valence-corrected chi connectivity index (χ2v) is 12.0. The summed E-state index contributed by atoms with van der Waals surface area (Å²) in [6.45, 7) is 0.232. The summed E-state index contributed by atoms with van der Waals surface area (Å²) in [5.74, 6) is -0.800. The molecule has 2 amide bonds. The van der Waals surface area contributed by atoms with Crippen molar-refractivity contribution in [3.8, 4) is 0 Å². The van der Waals surface area contributed by atoms with Gasteiger partial charge in [0.05, 0.1) is 61.9 Å². The Morgan fingerprint density at radius 1 is 1.07 bits per heavy atom. The van der Waals surface area contributed by atoms with E-state index in [1.807, 2.05) is 0 Å². The summed E-state index contributed by atoms with van der Waals surface area (Å²) in [4.78, 5) is 30.8. The Morgan fingerprint density at radius 2 is 1.77 bits per heavy atom. The normalized spacial score (nSPS) is 17.6. The van der Waals surface area contributed by atoms with E-state index in [0.29, 0.717) is 31.1 Å². The number of likely N-dealkylation sites (tertiary alicyclic amines) is 1. The average molecular weight is 613 g/mol. The van der Waals surface area contributed by atoms with Gasteiger partial charge in [-0.25, -0.2) is 8.42 Å². The molecule has 1 saturated heterocycles. The first-order valence-electron chi connectivity index (χ1n) is 12.1. The van der Waals surface area contributed by atoms with Crippen LogP contribution < -0.4 is 9.62 Å². The molecular formula is C26H21Cl2F3N4O4S.